The van der Waals surface area contributed by atoms with E-state index in [2.05, 4.69) is 30.6 Å². The van der Waals surface area contributed by atoms with Crippen LogP contribution in [0.4, 0.5) is 0 Å². The summed E-state index contributed by atoms with van der Waals surface area (Å²) in [5, 5.41) is 5.92. The van der Waals surface area contributed by atoms with Crippen molar-refractivity contribution in [2.24, 2.45) is 5.92 Å². The first-order valence-electron chi connectivity index (χ1n) is 7.57. The van der Waals surface area contributed by atoms with E-state index < -0.39 is 0 Å². The molecule has 0 amide bonds. The second-order valence-electron chi connectivity index (χ2n) is 5.64. The summed E-state index contributed by atoms with van der Waals surface area (Å²) < 4.78 is 0. The Bertz CT molecular complexity index is 345. The maximum atomic E-state index is 3.65. The van der Waals surface area contributed by atoms with Crippen molar-refractivity contribution in [1.29, 1.82) is 0 Å². The average molecular weight is 265 g/mol. The van der Waals surface area contributed by atoms with Crippen molar-refractivity contribution < 1.29 is 0 Å². The lowest BCUT2D eigenvalue weighted by atomic mass is 9.82. The minimum absolute atomic E-state index is 0.808. The first-order valence-corrected chi connectivity index (χ1v) is 8.45. The van der Waals surface area contributed by atoms with E-state index >= 15 is 0 Å². The molecule has 0 bridgehead atoms. The fraction of sp³-hybridized carbons (Fsp3) is 0.750. The Morgan fingerprint density at radius 3 is 2.83 bits per heavy atom. The quantitative estimate of drug-likeness (QED) is 0.600. The fourth-order valence-electron chi connectivity index (χ4n) is 3.28. The lowest BCUT2D eigenvalue weighted by molar-refractivity contribution is 0.375. The molecule has 1 nitrogen and oxygen atoms in total. The highest BCUT2D eigenvalue weighted by molar-refractivity contribution is 7.10. The third-order valence-corrected chi connectivity index (χ3v) is 5.15. The van der Waals surface area contributed by atoms with Crippen molar-refractivity contribution in [3.63, 3.8) is 0 Å². The van der Waals surface area contributed by atoms with Crippen LogP contribution in [-0.4, -0.2) is 13.1 Å². The molecule has 1 fully saturated rings. The highest BCUT2D eigenvalue weighted by atomic mass is 32.1. The van der Waals surface area contributed by atoms with Gasteiger partial charge in [-0.2, -0.15) is 0 Å². The van der Waals surface area contributed by atoms with E-state index in [0.29, 0.717) is 0 Å². The minimum atomic E-state index is 0.808. The molecule has 1 aliphatic rings. The topological polar surface area (TPSA) is 12.0 Å². The van der Waals surface area contributed by atoms with E-state index in [4.69, 9.17) is 0 Å². The second-order valence-corrected chi connectivity index (χ2v) is 6.76. The average Bonchev–Trinajstić information content (AvgIpc) is 2.65. The van der Waals surface area contributed by atoms with Gasteiger partial charge in [-0.05, 0) is 68.1 Å². The van der Waals surface area contributed by atoms with Gasteiger partial charge in [-0.25, -0.2) is 0 Å². The molecule has 0 saturated heterocycles. The number of hydrogen-bond acceptors (Lipinski definition) is 2. The van der Waals surface area contributed by atoms with Gasteiger partial charge in [0.15, 0.2) is 0 Å². The van der Waals surface area contributed by atoms with Gasteiger partial charge in [-0.1, -0.05) is 26.2 Å². The Balaban J connectivity index is 2.04. The zero-order valence-corrected chi connectivity index (χ0v) is 12.7. The van der Waals surface area contributed by atoms with Crippen LogP contribution in [0.2, 0.25) is 0 Å². The molecule has 2 rings (SSSR count). The van der Waals surface area contributed by atoms with E-state index in [1.165, 1.54) is 51.6 Å². The summed E-state index contributed by atoms with van der Waals surface area (Å²) in [6.07, 6.45) is 8.34. The number of thiophene rings is 1. The molecule has 0 spiro atoms. The zero-order chi connectivity index (χ0) is 12.8. The van der Waals surface area contributed by atoms with Gasteiger partial charge in [0, 0.05) is 4.88 Å². The summed E-state index contributed by atoms with van der Waals surface area (Å²) in [6, 6.07) is 2.38. The largest absolute Gasteiger partial charge is 0.316 e. The van der Waals surface area contributed by atoms with Gasteiger partial charge in [-0.15, -0.1) is 11.3 Å². The summed E-state index contributed by atoms with van der Waals surface area (Å²) >= 11 is 1.91. The molecule has 1 aliphatic carbocycles. The SMILES string of the molecule is CCCNCC1CCCCCC1c1ccsc1C. The molecule has 0 radical (unpaired) electrons. The molecule has 1 aromatic heterocycles. The van der Waals surface area contributed by atoms with E-state index in [9.17, 15) is 0 Å². The maximum absolute atomic E-state index is 3.65. The Kier molecular flexibility index (Phi) is 5.71. The Morgan fingerprint density at radius 2 is 2.11 bits per heavy atom. The molecule has 0 aromatic carbocycles. The normalized spacial score (nSPS) is 25.0. The molecule has 2 atom stereocenters. The first kappa shape index (κ1) is 14.1. The van der Waals surface area contributed by atoms with E-state index in [1.807, 2.05) is 11.3 Å². The molecule has 1 N–H and O–H groups in total. The van der Waals surface area contributed by atoms with Gasteiger partial charge in [0.2, 0.25) is 0 Å². The van der Waals surface area contributed by atoms with Gasteiger partial charge in [0.25, 0.3) is 0 Å². The monoisotopic (exact) mass is 265 g/mol. The van der Waals surface area contributed by atoms with Crippen LogP contribution in [0.15, 0.2) is 11.4 Å². The zero-order valence-electron chi connectivity index (χ0n) is 11.9. The highest BCUT2D eigenvalue weighted by Gasteiger charge is 2.26. The predicted octanol–water partition coefficient (Wildman–Crippen LogP) is 4.72. The summed E-state index contributed by atoms with van der Waals surface area (Å²) in [6.45, 7) is 6.93. The molecule has 102 valence electrons. The fourth-order valence-corrected chi connectivity index (χ4v) is 4.06. The van der Waals surface area contributed by atoms with E-state index in [0.717, 1.165) is 11.8 Å². The van der Waals surface area contributed by atoms with Gasteiger partial charge < -0.3 is 5.32 Å². The van der Waals surface area contributed by atoms with Crippen LogP contribution in [0, 0.1) is 12.8 Å². The van der Waals surface area contributed by atoms with Crippen LogP contribution in [0.3, 0.4) is 0 Å². The highest BCUT2D eigenvalue weighted by Crippen LogP contribution is 2.38. The lowest BCUT2D eigenvalue weighted by Gasteiger charge is -2.26. The van der Waals surface area contributed by atoms with E-state index in [-0.39, 0.29) is 0 Å². The van der Waals surface area contributed by atoms with Crippen LogP contribution in [0.5, 0.6) is 0 Å². The van der Waals surface area contributed by atoms with Crippen LogP contribution < -0.4 is 5.32 Å². The van der Waals surface area contributed by atoms with Crippen molar-refractivity contribution >= 4 is 11.3 Å². The molecule has 18 heavy (non-hydrogen) atoms. The standard InChI is InChI=1S/C16H27NS/c1-3-10-17-12-14-7-5-4-6-8-16(14)15-9-11-18-13(15)2/h9,11,14,16-17H,3-8,10,12H2,1-2H3. The smallest absolute Gasteiger partial charge is 0.00491 e. The van der Waals surface area contributed by atoms with Gasteiger partial charge in [0.1, 0.15) is 0 Å². The second kappa shape index (κ2) is 7.30. The molecule has 2 heteroatoms. The number of aryl methyl sites for hydroxylation is 1. The van der Waals surface area contributed by atoms with E-state index in [1.54, 1.807) is 10.4 Å². The summed E-state index contributed by atoms with van der Waals surface area (Å²) in [4.78, 5) is 1.54. The van der Waals surface area contributed by atoms with Crippen LogP contribution in [-0.2, 0) is 0 Å². The summed E-state index contributed by atoms with van der Waals surface area (Å²) in [5.74, 6) is 1.66. The molecule has 0 aliphatic heterocycles. The van der Waals surface area contributed by atoms with Crippen LogP contribution in [0.1, 0.15) is 61.8 Å². The third kappa shape index (κ3) is 3.58. The first-order chi connectivity index (χ1) is 8.83. The maximum Gasteiger partial charge on any atom is 0.00491 e. The van der Waals surface area contributed by atoms with Crippen molar-refractivity contribution in [2.75, 3.05) is 13.1 Å². The van der Waals surface area contributed by atoms with Gasteiger partial charge in [-0.3, -0.25) is 0 Å². The van der Waals surface area contributed by atoms with Gasteiger partial charge in [0.05, 0.1) is 0 Å². The molecular formula is C16H27NS. The molecule has 1 saturated carbocycles. The number of nitrogens with one attached hydrogen (secondary N) is 1. The summed E-state index contributed by atoms with van der Waals surface area (Å²) in [5.41, 5.74) is 1.64. The molecular weight excluding hydrogens is 238 g/mol. The Hall–Kier alpha value is -0.340. The number of rotatable bonds is 5. The molecule has 1 heterocycles. The van der Waals surface area contributed by atoms with Gasteiger partial charge >= 0.3 is 0 Å². The van der Waals surface area contributed by atoms with Crippen molar-refractivity contribution in [3.05, 3.63) is 21.9 Å². The third-order valence-electron chi connectivity index (χ3n) is 4.29. The predicted molar refractivity (Wildman–Crippen MR) is 81.5 cm³/mol. The Labute approximate surface area is 116 Å². The number of hydrogen-bond donors (Lipinski definition) is 1. The molecule has 2 unspecified atom stereocenters. The van der Waals surface area contributed by atoms with Crippen molar-refractivity contribution in [2.45, 2.75) is 58.3 Å². The van der Waals surface area contributed by atoms with Crippen LogP contribution in [0.25, 0.3) is 0 Å². The minimum Gasteiger partial charge on any atom is -0.316 e. The lowest BCUT2D eigenvalue weighted by Crippen LogP contribution is -2.27. The van der Waals surface area contributed by atoms with Crippen LogP contribution >= 0.6 is 11.3 Å². The van der Waals surface area contributed by atoms with Crippen molar-refractivity contribution in [1.82, 2.24) is 5.32 Å². The Morgan fingerprint density at radius 1 is 1.28 bits per heavy atom. The van der Waals surface area contributed by atoms with Crippen molar-refractivity contribution in [3.8, 4) is 0 Å². The molecule has 1 aromatic rings. The summed E-state index contributed by atoms with van der Waals surface area (Å²) in [7, 11) is 0.